The number of piperazine rings is 1. The van der Waals surface area contributed by atoms with Crippen LogP contribution < -0.4 is 10.6 Å². The molecule has 2 amide bonds. The quantitative estimate of drug-likeness (QED) is 0.845. The third kappa shape index (κ3) is 4.04. The number of hydrogen-bond donors (Lipinski definition) is 2. The Hall–Kier alpha value is -2.12. The van der Waals surface area contributed by atoms with E-state index in [2.05, 4.69) is 27.6 Å². The lowest BCUT2D eigenvalue weighted by atomic mass is 10.2. The van der Waals surface area contributed by atoms with Gasteiger partial charge in [0.15, 0.2) is 0 Å². The highest BCUT2D eigenvalue weighted by Gasteiger charge is 2.31. The van der Waals surface area contributed by atoms with Crippen LogP contribution in [0.15, 0.2) is 29.3 Å². The Labute approximate surface area is 145 Å². The number of amides is 2. The highest BCUT2D eigenvalue weighted by atomic mass is 35.5. The Morgan fingerprint density at radius 1 is 1.38 bits per heavy atom. The van der Waals surface area contributed by atoms with Gasteiger partial charge in [0.2, 0.25) is 11.9 Å². The van der Waals surface area contributed by atoms with Crippen molar-refractivity contribution in [3.63, 3.8) is 0 Å². The standard InChI is InChI=1S/C16H20ClN5O2/c1-21-5-7-22(8-6-21)16-19-13(15(24)20-16)10-14(23)18-12-4-2-3-11(17)9-12/h2-4,9,13H,5-8,10H2,1H3,(H,18,23)(H,19,20,24)/t13-/m1/s1. The molecule has 7 nitrogen and oxygen atoms in total. The highest BCUT2D eigenvalue weighted by molar-refractivity contribution is 6.30. The summed E-state index contributed by atoms with van der Waals surface area (Å²) in [6.45, 7) is 3.48. The first-order valence-electron chi connectivity index (χ1n) is 7.89. The van der Waals surface area contributed by atoms with Crippen molar-refractivity contribution < 1.29 is 9.59 Å². The van der Waals surface area contributed by atoms with Crippen LogP contribution in [-0.2, 0) is 9.59 Å². The van der Waals surface area contributed by atoms with Crippen LogP contribution in [0.25, 0.3) is 0 Å². The summed E-state index contributed by atoms with van der Waals surface area (Å²) in [6, 6.07) is 6.21. The second-order valence-corrected chi connectivity index (χ2v) is 6.45. The number of hydrogen-bond acceptors (Lipinski definition) is 5. The van der Waals surface area contributed by atoms with Crippen LogP contribution in [0.2, 0.25) is 5.02 Å². The molecule has 0 aliphatic carbocycles. The normalized spacial score (nSPS) is 21.4. The molecule has 1 atom stereocenters. The molecule has 0 radical (unpaired) electrons. The first-order chi connectivity index (χ1) is 11.5. The third-order valence-electron chi connectivity index (χ3n) is 4.11. The van der Waals surface area contributed by atoms with Crippen molar-refractivity contribution in [3.05, 3.63) is 29.3 Å². The van der Waals surface area contributed by atoms with Crippen LogP contribution in [0.4, 0.5) is 5.69 Å². The van der Waals surface area contributed by atoms with E-state index in [0.29, 0.717) is 16.7 Å². The lowest BCUT2D eigenvalue weighted by molar-refractivity contribution is -0.124. The molecule has 0 saturated carbocycles. The number of carbonyl (C=O) groups is 2. The Bertz CT molecular complexity index is 670. The van der Waals surface area contributed by atoms with Crippen LogP contribution in [-0.4, -0.2) is 66.8 Å². The highest BCUT2D eigenvalue weighted by Crippen LogP contribution is 2.16. The maximum Gasteiger partial charge on any atom is 0.252 e. The van der Waals surface area contributed by atoms with Gasteiger partial charge in [0.05, 0.1) is 6.42 Å². The zero-order valence-corrected chi connectivity index (χ0v) is 14.2. The number of carbonyl (C=O) groups excluding carboxylic acids is 2. The summed E-state index contributed by atoms with van der Waals surface area (Å²) in [5.41, 5.74) is 0.606. The molecule has 2 N–H and O–H groups in total. The maximum atomic E-state index is 12.1. The smallest absolute Gasteiger partial charge is 0.252 e. The number of rotatable bonds is 3. The molecule has 2 aliphatic heterocycles. The van der Waals surface area contributed by atoms with E-state index in [1.165, 1.54) is 0 Å². The monoisotopic (exact) mass is 349 g/mol. The molecule has 1 saturated heterocycles. The fourth-order valence-corrected chi connectivity index (χ4v) is 2.89. The number of nitrogens with one attached hydrogen (secondary N) is 2. The zero-order chi connectivity index (χ0) is 17.1. The van der Waals surface area contributed by atoms with Crippen molar-refractivity contribution in [2.24, 2.45) is 4.99 Å². The average molecular weight is 350 g/mol. The van der Waals surface area contributed by atoms with Gasteiger partial charge in [-0.05, 0) is 25.2 Å². The second-order valence-electron chi connectivity index (χ2n) is 6.01. The lowest BCUT2D eigenvalue weighted by Gasteiger charge is -2.33. The molecule has 0 bridgehead atoms. The van der Waals surface area contributed by atoms with E-state index in [-0.39, 0.29) is 18.2 Å². The molecule has 8 heteroatoms. The van der Waals surface area contributed by atoms with Gasteiger partial charge in [-0.2, -0.15) is 0 Å². The molecule has 128 valence electrons. The molecule has 0 unspecified atom stereocenters. The Kier molecular flexibility index (Phi) is 5.01. The zero-order valence-electron chi connectivity index (χ0n) is 13.5. The molecule has 0 spiro atoms. The molecule has 1 aromatic carbocycles. The van der Waals surface area contributed by atoms with Crippen molar-refractivity contribution in [1.82, 2.24) is 15.1 Å². The van der Waals surface area contributed by atoms with Gasteiger partial charge in [0.25, 0.3) is 5.91 Å². The number of guanidine groups is 1. The first kappa shape index (κ1) is 16.7. The summed E-state index contributed by atoms with van der Waals surface area (Å²) in [7, 11) is 2.06. The molecule has 3 rings (SSSR count). The minimum absolute atomic E-state index is 0.00951. The average Bonchev–Trinajstić information content (AvgIpc) is 2.89. The van der Waals surface area contributed by atoms with E-state index in [1.54, 1.807) is 24.3 Å². The summed E-state index contributed by atoms with van der Waals surface area (Å²) in [4.78, 5) is 32.9. The predicted octanol–water partition coefficient (Wildman–Crippen LogP) is 0.770. The van der Waals surface area contributed by atoms with E-state index in [0.717, 1.165) is 26.2 Å². The molecular formula is C16H20ClN5O2. The number of halogens is 1. The second kappa shape index (κ2) is 7.19. The van der Waals surface area contributed by atoms with Crippen LogP contribution in [0.5, 0.6) is 0 Å². The number of benzene rings is 1. The topological polar surface area (TPSA) is 77.0 Å². The van der Waals surface area contributed by atoms with Crippen LogP contribution >= 0.6 is 11.6 Å². The molecular weight excluding hydrogens is 330 g/mol. The number of likely N-dealkylation sites (N-methyl/N-ethyl adjacent to an activating group) is 1. The summed E-state index contributed by atoms with van der Waals surface area (Å²) >= 11 is 5.89. The summed E-state index contributed by atoms with van der Waals surface area (Å²) in [5, 5.41) is 6.06. The van der Waals surface area contributed by atoms with E-state index in [9.17, 15) is 9.59 Å². The van der Waals surface area contributed by atoms with E-state index in [4.69, 9.17) is 11.6 Å². The van der Waals surface area contributed by atoms with Crippen LogP contribution in [0, 0.1) is 0 Å². The van der Waals surface area contributed by atoms with Gasteiger partial charge < -0.3 is 15.1 Å². The van der Waals surface area contributed by atoms with Gasteiger partial charge in [-0.3, -0.25) is 14.9 Å². The summed E-state index contributed by atoms with van der Waals surface area (Å²) in [6.07, 6.45) is 0.00951. The van der Waals surface area contributed by atoms with Gasteiger partial charge in [0.1, 0.15) is 6.04 Å². The van der Waals surface area contributed by atoms with E-state index in [1.807, 2.05) is 4.90 Å². The molecule has 2 heterocycles. The predicted molar refractivity (Wildman–Crippen MR) is 93.1 cm³/mol. The Balaban J connectivity index is 1.58. The lowest BCUT2D eigenvalue weighted by Crippen LogP contribution is -2.50. The van der Waals surface area contributed by atoms with Crippen molar-refractivity contribution in [2.45, 2.75) is 12.5 Å². The van der Waals surface area contributed by atoms with E-state index >= 15 is 0 Å². The number of aliphatic imine (C=N–C) groups is 1. The van der Waals surface area contributed by atoms with E-state index < -0.39 is 6.04 Å². The third-order valence-corrected chi connectivity index (χ3v) is 4.34. The van der Waals surface area contributed by atoms with Crippen LogP contribution in [0.3, 0.4) is 0 Å². The van der Waals surface area contributed by atoms with Gasteiger partial charge in [-0.15, -0.1) is 0 Å². The fourth-order valence-electron chi connectivity index (χ4n) is 2.70. The number of anilines is 1. The maximum absolute atomic E-state index is 12.1. The van der Waals surface area contributed by atoms with Gasteiger partial charge in [-0.25, -0.2) is 4.99 Å². The van der Waals surface area contributed by atoms with Crippen molar-refractivity contribution in [1.29, 1.82) is 0 Å². The van der Waals surface area contributed by atoms with Crippen molar-refractivity contribution in [2.75, 3.05) is 38.5 Å². The molecule has 1 aromatic rings. The Morgan fingerprint density at radius 3 is 2.83 bits per heavy atom. The summed E-state index contributed by atoms with van der Waals surface area (Å²) in [5.74, 6) is 0.0830. The van der Waals surface area contributed by atoms with Gasteiger partial charge in [0, 0.05) is 36.9 Å². The molecule has 24 heavy (non-hydrogen) atoms. The van der Waals surface area contributed by atoms with Crippen molar-refractivity contribution >= 4 is 35.1 Å². The van der Waals surface area contributed by atoms with Crippen molar-refractivity contribution in [3.8, 4) is 0 Å². The summed E-state index contributed by atoms with van der Waals surface area (Å²) < 4.78 is 0. The molecule has 0 aromatic heterocycles. The minimum atomic E-state index is -0.682. The SMILES string of the molecule is CN1CCN(C2=N[C@H](CC(=O)Nc3cccc(Cl)c3)C(=O)N2)CC1. The van der Waals surface area contributed by atoms with Crippen LogP contribution in [0.1, 0.15) is 6.42 Å². The Morgan fingerprint density at radius 2 is 2.12 bits per heavy atom. The molecule has 2 aliphatic rings. The number of nitrogens with zero attached hydrogens (tertiary/aromatic N) is 3. The fraction of sp³-hybridized carbons (Fsp3) is 0.438. The first-order valence-corrected chi connectivity index (χ1v) is 8.26. The van der Waals surface area contributed by atoms with Gasteiger partial charge in [-0.1, -0.05) is 17.7 Å². The minimum Gasteiger partial charge on any atom is -0.340 e. The largest absolute Gasteiger partial charge is 0.340 e. The van der Waals surface area contributed by atoms with Gasteiger partial charge >= 0.3 is 0 Å². The molecule has 1 fully saturated rings.